The Bertz CT molecular complexity index is 504. The Balaban J connectivity index is 2.14. The molecule has 2 amide bonds. The van der Waals surface area contributed by atoms with Gasteiger partial charge in [-0.15, -0.1) is 0 Å². The molecule has 2 rings (SSSR count). The first-order valence-corrected chi connectivity index (χ1v) is 7.74. The monoisotopic (exact) mass is 280 g/mol. The van der Waals surface area contributed by atoms with Crippen LogP contribution in [0.5, 0.6) is 0 Å². The van der Waals surface area contributed by atoms with Crippen molar-refractivity contribution >= 4 is 22.6 Å². The minimum Gasteiger partial charge on any atom is -0.339 e. The van der Waals surface area contributed by atoms with Gasteiger partial charge in [0.2, 0.25) is 11.8 Å². The van der Waals surface area contributed by atoms with E-state index in [-0.39, 0.29) is 18.4 Å². The van der Waals surface area contributed by atoms with Gasteiger partial charge in [-0.3, -0.25) is 13.8 Å². The number of nitrogens with one attached hydrogen (secondary N) is 1. The van der Waals surface area contributed by atoms with Crippen LogP contribution in [-0.2, 0) is 20.4 Å². The fourth-order valence-electron chi connectivity index (χ4n) is 2.00. The third kappa shape index (κ3) is 3.41. The van der Waals surface area contributed by atoms with E-state index in [0.29, 0.717) is 12.3 Å². The van der Waals surface area contributed by atoms with E-state index in [1.165, 1.54) is 4.90 Å². The van der Waals surface area contributed by atoms with Crippen LogP contribution in [0.2, 0.25) is 0 Å². The maximum Gasteiger partial charge on any atom is 0.250 e. The van der Waals surface area contributed by atoms with Crippen molar-refractivity contribution in [3.8, 4) is 0 Å². The Labute approximate surface area is 114 Å². The zero-order valence-electron chi connectivity index (χ0n) is 10.7. The van der Waals surface area contributed by atoms with Gasteiger partial charge in [0.1, 0.15) is 6.04 Å². The van der Waals surface area contributed by atoms with Crippen LogP contribution in [0.1, 0.15) is 11.6 Å². The molecule has 2 atom stereocenters. The molecule has 0 aromatic heterocycles. The Hall–Kier alpha value is -1.69. The molecular weight excluding hydrogens is 264 g/mol. The number of rotatable bonds is 4. The topological polar surface area (TPSA) is 66.5 Å². The summed E-state index contributed by atoms with van der Waals surface area (Å²) in [6.45, 7) is 0.387. The summed E-state index contributed by atoms with van der Waals surface area (Å²) >= 11 is 0. The van der Waals surface area contributed by atoms with Crippen molar-refractivity contribution in [3.05, 3.63) is 35.9 Å². The van der Waals surface area contributed by atoms with Crippen LogP contribution in [0.25, 0.3) is 0 Å². The van der Waals surface area contributed by atoms with Gasteiger partial charge in [-0.25, -0.2) is 0 Å². The van der Waals surface area contributed by atoms with Gasteiger partial charge in [0.05, 0.1) is 6.54 Å². The third-order valence-electron chi connectivity index (χ3n) is 2.98. The van der Waals surface area contributed by atoms with Crippen LogP contribution in [0, 0.1) is 0 Å². The van der Waals surface area contributed by atoms with Gasteiger partial charge in [-0.1, -0.05) is 30.3 Å². The second kappa shape index (κ2) is 5.97. The van der Waals surface area contributed by atoms with E-state index in [0.717, 1.165) is 5.56 Å². The van der Waals surface area contributed by atoms with Crippen molar-refractivity contribution in [2.24, 2.45) is 0 Å². The molecule has 0 saturated carbocycles. The molecule has 0 spiro atoms. The molecule has 19 heavy (non-hydrogen) atoms. The Morgan fingerprint density at radius 2 is 2.00 bits per heavy atom. The van der Waals surface area contributed by atoms with Crippen molar-refractivity contribution in [3.63, 3.8) is 0 Å². The highest BCUT2D eigenvalue weighted by Gasteiger charge is 2.33. The summed E-state index contributed by atoms with van der Waals surface area (Å²) in [5.74, 6) is 0.0622. The lowest BCUT2D eigenvalue weighted by Gasteiger charge is -2.32. The number of amides is 2. The fraction of sp³-hybridized carbons (Fsp3) is 0.385. The lowest BCUT2D eigenvalue weighted by molar-refractivity contribution is -0.144. The summed E-state index contributed by atoms with van der Waals surface area (Å²) in [6.07, 6.45) is 1.59. The van der Waals surface area contributed by atoms with E-state index in [1.807, 2.05) is 30.3 Å². The van der Waals surface area contributed by atoms with Gasteiger partial charge < -0.3 is 10.2 Å². The van der Waals surface area contributed by atoms with E-state index in [9.17, 15) is 13.8 Å². The molecular formula is C13H16N2O3S. The first-order chi connectivity index (χ1) is 9.08. The van der Waals surface area contributed by atoms with Gasteiger partial charge in [0, 0.05) is 29.4 Å². The Morgan fingerprint density at radius 3 is 2.63 bits per heavy atom. The number of hydrogen-bond acceptors (Lipinski definition) is 3. The van der Waals surface area contributed by atoms with Gasteiger partial charge in [0.25, 0.3) is 0 Å². The average molecular weight is 280 g/mol. The molecule has 6 heteroatoms. The molecule has 5 nitrogen and oxygen atoms in total. The molecule has 0 bridgehead atoms. The van der Waals surface area contributed by atoms with E-state index < -0.39 is 16.8 Å². The molecule has 1 fully saturated rings. The van der Waals surface area contributed by atoms with Crippen molar-refractivity contribution in [1.82, 2.24) is 10.2 Å². The Morgan fingerprint density at radius 1 is 1.32 bits per heavy atom. The SMILES string of the molecule is CS(=O)CCN1CC(=O)NC(c2ccccc2)C1=O. The summed E-state index contributed by atoms with van der Waals surface area (Å²) < 4.78 is 11.1. The molecule has 1 aliphatic heterocycles. The van der Waals surface area contributed by atoms with Gasteiger partial charge in [0.15, 0.2) is 0 Å². The zero-order valence-corrected chi connectivity index (χ0v) is 11.5. The highest BCUT2D eigenvalue weighted by molar-refractivity contribution is 7.84. The summed E-state index contributed by atoms with van der Waals surface area (Å²) in [4.78, 5) is 25.4. The maximum atomic E-state index is 12.3. The molecule has 0 radical (unpaired) electrons. The lowest BCUT2D eigenvalue weighted by Crippen LogP contribution is -2.54. The highest BCUT2D eigenvalue weighted by Crippen LogP contribution is 2.18. The number of carbonyl (C=O) groups is 2. The normalized spacial score (nSPS) is 21.1. The molecule has 2 unspecified atom stereocenters. The number of benzene rings is 1. The number of piperazine rings is 1. The smallest absolute Gasteiger partial charge is 0.250 e. The molecule has 102 valence electrons. The predicted octanol–water partition coefficient (Wildman–Crippen LogP) is 0.0646. The second-order valence-corrected chi connectivity index (χ2v) is 6.00. The second-order valence-electron chi connectivity index (χ2n) is 4.45. The molecule has 1 N–H and O–H groups in total. The number of carbonyl (C=O) groups excluding carboxylic acids is 2. The highest BCUT2D eigenvalue weighted by atomic mass is 32.2. The van der Waals surface area contributed by atoms with Gasteiger partial charge in [-0.2, -0.15) is 0 Å². The summed E-state index contributed by atoms with van der Waals surface area (Å²) in [5.41, 5.74) is 0.767. The van der Waals surface area contributed by atoms with Crippen molar-refractivity contribution in [2.75, 3.05) is 25.1 Å². The molecule has 0 aliphatic carbocycles. The van der Waals surface area contributed by atoms with Crippen molar-refractivity contribution < 1.29 is 13.8 Å². The molecule has 1 heterocycles. The maximum absolute atomic E-state index is 12.3. The van der Waals surface area contributed by atoms with Crippen LogP contribution in [-0.4, -0.2) is 46.0 Å². The lowest BCUT2D eigenvalue weighted by atomic mass is 10.0. The largest absolute Gasteiger partial charge is 0.339 e. The Kier molecular flexibility index (Phi) is 4.31. The predicted molar refractivity (Wildman–Crippen MR) is 72.8 cm³/mol. The summed E-state index contributed by atoms with van der Waals surface area (Å²) in [7, 11) is -0.975. The van der Waals surface area contributed by atoms with Crippen LogP contribution in [0.4, 0.5) is 0 Å². The molecule has 1 saturated heterocycles. The van der Waals surface area contributed by atoms with Crippen LogP contribution < -0.4 is 5.32 Å². The third-order valence-corrected chi connectivity index (χ3v) is 3.74. The van der Waals surface area contributed by atoms with Gasteiger partial charge >= 0.3 is 0 Å². The van der Waals surface area contributed by atoms with E-state index in [4.69, 9.17) is 0 Å². The standard InChI is InChI=1S/C13H16N2O3S/c1-19(18)8-7-15-9-11(16)14-12(13(15)17)10-5-3-2-4-6-10/h2-6,12H,7-9H2,1H3,(H,14,16). The van der Waals surface area contributed by atoms with Crippen LogP contribution in [0.15, 0.2) is 30.3 Å². The zero-order chi connectivity index (χ0) is 13.8. The number of nitrogens with zero attached hydrogens (tertiary/aromatic N) is 1. The molecule has 1 aliphatic rings. The van der Waals surface area contributed by atoms with Gasteiger partial charge in [-0.05, 0) is 5.56 Å². The van der Waals surface area contributed by atoms with E-state index in [2.05, 4.69) is 5.32 Å². The summed E-state index contributed by atoms with van der Waals surface area (Å²) in [6, 6.07) is 8.50. The average Bonchev–Trinajstić information content (AvgIpc) is 2.40. The quantitative estimate of drug-likeness (QED) is 0.848. The fourth-order valence-corrected chi connectivity index (χ4v) is 2.48. The van der Waals surface area contributed by atoms with Crippen LogP contribution in [0.3, 0.4) is 0 Å². The van der Waals surface area contributed by atoms with E-state index in [1.54, 1.807) is 6.26 Å². The molecule has 1 aromatic rings. The first kappa shape index (κ1) is 13.7. The molecule has 1 aromatic carbocycles. The first-order valence-electron chi connectivity index (χ1n) is 6.01. The van der Waals surface area contributed by atoms with E-state index >= 15 is 0 Å². The van der Waals surface area contributed by atoms with Crippen LogP contribution >= 0.6 is 0 Å². The minimum atomic E-state index is -0.975. The van der Waals surface area contributed by atoms with Crippen molar-refractivity contribution in [1.29, 1.82) is 0 Å². The summed E-state index contributed by atoms with van der Waals surface area (Å²) in [5, 5.41) is 2.69. The minimum absolute atomic E-state index is 0.0410. The number of hydrogen-bond donors (Lipinski definition) is 1. The van der Waals surface area contributed by atoms with Crippen molar-refractivity contribution in [2.45, 2.75) is 6.04 Å².